The summed E-state index contributed by atoms with van der Waals surface area (Å²) in [6.07, 6.45) is 1.55. The van der Waals surface area contributed by atoms with Gasteiger partial charge in [0.15, 0.2) is 11.8 Å². The zero-order valence-electron chi connectivity index (χ0n) is 13.6. The van der Waals surface area contributed by atoms with Crippen molar-refractivity contribution in [1.82, 2.24) is 10.3 Å². The second-order valence-corrected chi connectivity index (χ2v) is 6.32. The molecule has 0 saturated carbocycles. The molecule has 0 spiro atoms. The van der Waals surface area contributed by atoms with Crippen molar-refractivity contribution in [2.45, 2.75) is 13.5 Å². The highest BCUT2D eigenvalue weighted by atomic mass is 32.2. The number of rotatable bonds is 6. The first-order valence-corrected chi connectivity index (χ1v) is 8.62. The van der Waals surface area contributed by atoms with E-state index in [1.807, 2.05) is 25.1 Å². The van der Waals surface area contributed by atoms with E-state index >= 15 is 0 Å². The summed E-state index contributed by atoms with van der Waals surface area (Å²) in [5.74, 6) is 1.08. The minimum Gasteiger partial charge on any atom is -0.484 e. The highest BCUT2D eigenvalue weighted by Gasteiger charge is 2.29. The molecule has 7 nitrogen and oxygen atoms in total. The van der Waals surface area contributed by atoms with Gasteiger partial charge in [-0.2, -0.15) is 0 Å². The van der Waals surface area contributed by atoms with Gasteiger partial charge in [0.1, 0.15) is 11.5 Å². The highest BCUT2D eigenvalue weighted by molar-refractivity contribution is 8.15. The number of benzene rings is 1. The molecule has 2 aromatic rings. The Balaban J connectivity index is 1.54. The standard InChI is InChI=1S/C17H17N3O4S/c1-12-4-2-5-13(8-12)24-10-15(21)18-19-17-20(16(22)11-25-17)9-14-6-3-7-23-14/h2-8H,9-11H2,1H3,(H,18,21)/b19-17-. The molecule has 3 rings (SSSR count). The molecule has 1 aromatic carbocycles. The van der Waals surface area contributed by atoms with Gasteiger partial charge in [0, 0.05) is 0 Å². The van der Waals surface area contributed by atoms with Crippen LogP contribution >= 0.6 is 11.8 Å². The number of hydrogen-bond donors (Lipinski definition) is 1. The molecular formula is C17H17N3O4S. The van der Waals surface area contributed by atoms with Crippen molar-refractivity contribution < 1.29 is 18.7 Å². The lowest BCUT2D eigenvalue weighted by atomic mass is 10.2. The molecule has 8 heteroatoms. The Hall–Kier alpha value is -2.74. The highest BCUT2D eigenvalue weighted by Crippen LogP contribution is 2.21. The van der Waals surface area contributed by atoms with Gasteiger partial charge in [0.2, 0.25) is 5.91 Å². The van der Waals surface area contributed by atoms with Crippen LogP contribution in [0.4, 0.5) is 0 Å². The van der Waals surface area contributed by atoms with Crippen molar-refractivity contribution in [3.8, 4) is 5.75 Å². The molecule has 1 aliphatic heterocycles. The van der Waals surface area contributed by atoms with E-state index in [9.17, 15) is 9.59 Å². The number of nitrogens with one attached hydrogen (secondary N) is 1. The number of hydrazone groups is 1. The maximum absolute atomic E-state index is 11.9. The van der Waals surface area contributed by atoms with Crippen LogP contribution in [-0.4, -0.2) is 34.2 Å². The summed E-state index contributed by atoms with van der Waals surface area (Å²) in [5, 5.41) is 4.46. The van der Waals surface area contributed by atoms with Crippen molar-refractivity contribution in [2.24, 2.45) is 5.10 Å². The van der Waals surface area contributed by atoms with E-state index in [1.54, 1.807) is 24.5 Å². The number of hydrogen-bond acceptors (Lipinski definition) is 6. The van der Waals surface area contributed by atoms with E-state index in [0.29, 0.717) is 16.7 Å². The molecule has 1 N–H and O–H groups in total. The third-order valence-electron chi connectivity index (χ3n) is 3.39. The molecule has 1 saturated heterocycles. The Bertz CT molecular complexity index is 789. The number of carbonyl (C=O) groups excluding carboxylic acids is 2. The van der Waals surface area contributed by atoms with Gasteiger partial charge >= 0.3 is 0 Å². The SMILES string of the molecule is Cc1cccc(OCC(=O)N/N=C2\SCC(=O)N2Cc2ccco2)c1. The van der Waals surface area contributed by atoms with Gasteiger partial charge < -0.3 is 9.15 Å². The molecule has 0 bridgehead atoms. The number of amides is 2. The first kappa shape index (κ1) is 17.1. The Morgan fingerprint density at radius 1 is 1.40 bits per heavy atom. The first-order chi connectivity index (χ1) is 12.1. The van der Waals surface area contributed by atoms with Crippen LogP contribution < -0.4 is 10.2 Å². The van der Waals surface area contributed by atoms with Crippen LogP contribution in [0.2, 0.25) is 0 Å². The van der Waals surface area contributed by atoms with Gasteiger partial charge in [-0.15, -0.1) is 5.10 Å². The maximum atomic E-state index is 11.9. The number of ether oxygens (including phenoxy) is 1. The lowest BCUT2D eigenvalue weighted by Crippen LogP contribution is -2.32. The van der Waals surface area contributed by atoms with E-state index in [1.165, 1.54) is 16.7 Å². The summed E-state index contributed by atoms with van der Waals surface area (Å²) in [6.45, 7) is 2.07. The van der Waals surface area contributed by atoms with E-state index in [-0.39, 0.29) is 24.8 Å². The maximum Gasteiger partial charge on any atom is 0.278 e. The molecular weight excluding hydrogens is 342 g/mol. The zero-order chi connectivity index (χ0) is 17.6. The predicted octanol–water partition coefficient (Wildman–Crippen LogP) is 2.13. The Labute approximate surface area is 149 Å². The average Bonchev–Trinajstić information content (AvgIpc) is 3.23. The minimum atomic E-state index is -0.396. The molecule has 2 heterocycles. The Kier molecular flexibility index (Phi) is 5.39. The van der Waals surface area contributed by atoms with Gasteiger partial charge in [-0.25, -0.2) is 5.43 Å². The van der Waals surface area contributed by atoms with Crippen LogP contribution in [0.5, 0.6) is 5.75 Å². The van der Waals surface area contributed by atoms with Crippen LogP contribution in [0.25, 0.3) is 0 Å². The van der Waals surface area contributed by atoms with E-state index < -0.39 is 5.91 Å². The fourth-order valence-corrected chi connectivity index (χ4v) is 3.03. The van der Waals surface area contributed by atoms with E-state index in [0.717, 1.165) is 5.56 Å². The molecule has 2 amide bonds. The van der Waals surface area contributed by atoms with Crippen molar-refractivity contribution in [1.29, 1.82) is 0 Å². The average molecular weight is 359 g/mol. The quantitative estimate of drug-likeness (QED) is 0.799. The largest absolute Gasteiger partial charge is 0.484 e. The summed E-state index contributed by atoms with van der Waals surface area (Å²) in [5.41, 5.74) is 3.47. The van der Waals surface area contributed by atoms with E-state index in [2.05, 4.69) is 10.5 Å². The van der Waals surface area contributed by atoms with Gasteiger partial charge in [-0.3, -0.25) is 14.5 Å². The molecule has 130 valence electrons. The number of thioether (sulfide) groups is 1. The topological polar surface area (TPSA) is 84.1 Å². The number of nitrogens with zero attached hydrogens (tertiary/aromatic N) is 2. The third-order valence-corrected chi connectivity index (χ3v) is 4.35. The third kappa shape index (κ3) is 4.63. The second kappa shape index (κ2) is 7.89. The smallest absolute Gasteiger partial charge is 0.278 e. The van der Waals surface area contributed by atoms with Crippen molar-refractivity contribution >= 4 is 28.7 Å². The molecule has 1 fully saturated rings. The monoisotopic (exact) mass is 359 g/mol. The predicted molar refractivity (Wildman–Crippen MR) is 94.0 cm³/mol. The van der Waals surface area contributed by atoms with Gasteiger partial charge in [0.05, 0.1) is 18.6 Å². The molecule has 0 atom stereocenters. The Morgan fingerprint density at radius 2 is 2.28 bits per heavy atom. The molecule has 1 aromatic heterocycles. The van der Waals surface area contributed by atoms with E-state index in [4.69, 9.17) is 9.15 Å². The lowest BCUT2D eigenvalue weighted by molar-refractivity contribution is -0.125. The normalized spacial score (nSPS) is 15.6. The zero-order valence-corrected chi connectivity index (χ0v) is 14.4. The molecule has 25 heavy (non-hydrogen) atoms. The second-order valence-electron chi connectivity index (χ2n) is 5.38. The van der Waals surface area contributed by atoms with Gasteiger partial charge in [-0.05, 0) is 36.8 Å². The van der Waals surface area contributed by atoms with Crippen LogP contribution in [0.3, 0.4) is 0 Å². The molecule has 0 unspecified atom stereocenters. The molecule has 1 aliphatic rings. The summed E-state index contributed by atoms with van der Waals surface area (Å²) < 4.78 is 10.7. The first-order valence-electron chi connectivity index (χ1n) is 7.63. The lowest BCUT2D eigenvalue weighted by Gasteiger charge is -2.14. The summed E-state index contributed by atoms with van der Waals surface area (Å²) in [6, 6.07) is 11.0. The van der Waals surface area contributed by atoms with Crippen molar-refractivity contribution in [3.63, 3.8) is 0 Å². The number of amidine groups is 1. The molecule has 0 aliphatic carbocycles. The van der Waals surface area contributed by atoms with Crippen LogP contribution in [0.1, 0.15) is 11.3 Å². The van der Waals surface area contributed by atoms with Gasteiger partial charge in [0.25, 0.3) is 5.91 Å². The van der Waals surface area contributed by atoms with Crippen LogP contribution in [0, 0.1) is 6.92 Å². The molecule has 0 radical (unpaired) electrons. The van der Waals surface area contributed by atoms with Crippen molar-refractivity contribution in [3.05, 3.63) is 54.0 Å². The summed E-state index contributed by atoms with van der Waals surface area (Å²) >= 11 is 1.27. The number of furan rings is 1. The van der Waals surface area contributed by atoms with Gasteiger partial charge in [-0.1, -0.05) is 23.9 Å². The fourth-order valence-electron chi connectivity index (χ4n) is 2.19. The van der Waals surface area contributed by atoms with Crippen LogP contribution in [0.15, 0.2) is 52.2 Å². The number of aryl methyl sites for hydroxylation is 1. The number of carbonyl (C=O) groups is 2. The summed E-state index contributed by atoms with van der Waals surface area (Å²) in [4.78, 5) is 25.3. The fraction of sp³-hybridized carbons (Fsp3) is 0.235. The van der Waals surface area contributed by atoms with Crippen LogP contribution in [-0.2, 0) is 16.1 Å². The minimum absolute atomic E-state index is 0.0783. The Morgan fingerprint density at radius 3 is 3.04 bits per heavy atom. The summed E-state index contributed by atoms with van der Waals surface area (Å²) in [7, 11) is 0. The van der Waals surface area contributed by atoms with Crippen molar-refractivity contribution in [2.75, 3.05) is 12.4 Å².